The van der Waals surface area contributed by atoms with Crippen molar-refractivity contribution in [2.24, 2.45) is 22.2 Å². The molecule has 0 radical (unpaired) electrons. The van der Waals surface area contributed by atoms with Gasteiger partial charge in [0.1, 0.15) is 24.2 Å². The van der Waals surface area contributed by atoms with E-state index < -0.39 is 66.2 Å². The molecule has 0 spiro atoms. The molecule has 0 aliphatic heterocycles. The summed E-state index contributed by atoms with van der Waals surface area (Å²) in [5.74, 6) is -4.20. The number of guanidine groups is 1. The molecular weight excluding hydrogens is 767 g/mol. The topological polar surface area (TPSA) is 282 Å². The molecule has 0 saturated carbocycles. The van der Waals surface area contributed by atoms with Gasteiger partial charge in [-0.15, -0.1) is 0 Å². The number of imidazole rings is 1. The van der Waals surface area contributed by atoms with E-state index in [2.05, 4.69) is 41.5 Å². The van der Waals surface area contributed by atoms with Crippen molar-refractivity contribution in [3.05, 3.63) is 138 Å². The van der Waals surface area contributed by atoms with Crippen LogP contribution in [0.15, 0.2) is 121 Å². The van der Waals surface area contributed by atoms with E-state index in [9.17, 15) is 28.8 Å². The SMILES string of the molecule is NC(=O)[C@H](Cc1ccc2ccccc2c1)NC(=O)[C@H](CCCN=C(N)N)NC(=O)[C@@H](Cc1ccccc1)NC(=O)[C@H](Cc1cnc[nH]1)NC(=O)CNC(=O)c1ccccc1. The van der Waals surface area contributed by atoms with E-state index in [0.29, 0.717) is 16.8 Å². The highest BCUT2D eigenvalue weighted by Crippen LogP contribution is 2.17. The van der Waals surface area contributed by atoms with Crippen LogP contribution < -0.4 is 43.8 Å². The molecule has 4 atom stereocenters. The second kappa shape index (κ2) is 21.8. The Balaban J connectivity index is 1.33. The Morgan fingerprint density at radius 1 is 0.633 bits per heavy atom. The Labute approximate surface area is 346 Å². The highest BCUT2D eigenvalue weighted by Gasteiger charge is 2.32. The summed E-state index contributed by atoms with van der Waals surface area (Å²) in [4.78, 5) is 91.5. The standard InChI is InChI=1S/C43H49N11O6/c44-38(56)34(22-28-17-18-29-12-7-8-15-31(29)20-28)53-40(58)33(16-9-19-48-43(45)46)52-41(59)35(21-27-10-3-1-4-11-27)54-42(60)36(23-32-24-47-26-50-32)51-37(55)25-49-39(57)30-13-5-2-6-14-30/h1-8,10-15,17-18,20,24,26,33-36H,9,16,19,21-23,25H2,(H2,44,56)(H,47,50)(H,49,57)(H,51,55)(H,52,59)(H,53,58)(H,54,60)(H4,45,46,48)/t33-,34-,35+,36-/m0/s1. The first-order valence-electron chi connectivity index (χ1n) is 19.3. The predicted octanol–water partition coefficient (Wildman–Crippen LogP) is 0.499. The van der Waals surface area contributed by atoms with Crippen LogP contribution in [0.1, 0.15) is 40.0 Å². The van der Waals surface area contributed by atoms with Crippen LogP contribution in [0, 0.1) is 0 Å². The molecule has 0 bridgehead atoms. The lowest BCUT2D eigenvalue weighted by Gasteiger charge is -2.26. The third-order valence-corrected chi connectivity index (χ3v) is 9.48. The van der Waals surface area contributed by atoms with E-state index in [-0.39, 0.29) is 44.6 Å². The first kappa shape index (κ1) is 43.6. The third-order valence-electron chi connectivity index (χ3n) is 9.48. The van der Waals surface area contributed by atoms with Gasteiger partial charge in [0, 0.05) is 43.3 Å². The average Bonchev–Trinajstić information content (AvgIpc) is 3.76. The number of H-pyrrole nitrogens is 1. The zero-order valence-corrected chi connectivity index (χ0v) is 32.8. The molecule has 5 aromatic rings. The highest BCUT2D eigenvalue weighted by molar-refractivity contribution is 5.98. The molecule has 0 fully saturated rings. The highest BCUT2D eigenvalue weighted by atomic mass is 16.2. The van der Waals surface area contributed by atoms with E-state index in [4.69, 9.17) is 17.2 Å². The van der Waals surface area contributed by atoms with Crippen molar-refractivity contribution in [3.63, 3.8) is 0 Å². The van der Waals surface area contributed by atoms with Crippen LogP contribution >= 0.6 is 0 Å². The van der Waals surface area contributed by atoms with Crippen molar-refractivity contribution in [1.82, 2.24) is 36.6 Å². The number of aromatic nitrogens is 2. The van der Waals surface area contributed by atoms with E-state index in [0.717, 1.165) is 16.3 Å². The second-order valence-corrected chi connectivity index (χ2v) is 14.1. The molecule has 312 valence electrons. The van der Waals surface area contributed by atoms with E-state index >= 15 is 0 Å². The summed E-state index contributed by atoms with van der Waals surface area (Å²) in [5, 5.41) is 15.4. The molecule has 60 heavy (non-hydrogen) atoms. The molecule has 0 saturated heterocycles. The molecule has 1 aromatic heterocycles. The number of nitrogens with one attached hydrogen (secondary N) is 6. The summed E-state index contributed by atoms with van der Waals surface area (Å²) in [6.45, 7) is -0.290. The quantitative estimate of drug-likeness (QED) is 0.0283. The molecule has 4 aromatic carbocycles. The maximum absolute atomic E-state index is 14.2. The lowest BCUT2D eigenvalue weighted by molar-refractivity contribution is -0.134. The molecule has 0 aliphatic rings. The van der Waals surface area contributed by atoms with Gasteiger partial charge in [-0.25, -0.2) is 4.98 Å². The van der Waals surface area contributed by atoms with Crippen molar-refractivity contribution in [2.75, 3.05) is 13.1 Å². The predicted molar refractivity (Wildman–Crippen MR) is 226 cm³/mol. The van der Waals surface area contributed by atoms with Gasteiger partial charge in [0.15, 0.2) is 5.96 Å². The molecule has 17 heteroatoms. The molecule has 5 rings (SSSR count). The van der Waals surface area contributed by atoms with Gasteiger partial charge in [-0.3, -0.25) is 33.8 Å². The molecular formula is C43H49N11O6. The summed E-state index contributed by atoms with van der Waals surface area (Å²) in [6.07, 6.45) is 3.28. The Morgan fingerprint density at radius 3 is 1.90 bits per heavy atom. The lowest BCUT2D eigenvalue weighted by Crippen LogP contribution is -2.59. The summed E-state index contributed by atoms with van der Waals surface area (Å²) >= 11 is 0. The molecule has 6 amide bonds. The maximum atomic E-state index is 14.2. The van der Waals surface area contributed by atoms with Gasteiger partial charge < -0.3 is 48.8 Å². The van der Waals surface area contributed by atoms with Crippen molar-refractivity contribution in [3.8, 4) is 0 Å². The van der Waals surface area contributed by atoms with Crippen LogP contribution in [0.25, 0.3) is 10.8 Å². The zero-order chi connectivity index (χ0) is 42.9. The maximum Gasteiger partial charge on any atom is 0.251 e. The van der Waals surface area contributed by atoms with Gasteiger partial charge in [-0.05, 0) is 46.9 Å². The lowest BCUT2D eigenvalue weighted by atomic mass is 10.0. The number of carbonyl (C=O) groups is 6. The summed E-state index contributed by atoms with van der Waals surface area (Å²) < 4.78 is 0. The van der Waals surface area contributed by atoms with Crippen molar-refractivity contribution in [2.45, 2.75) is 56.3 Å². The van der Waals surface area contributed by atoms with Gasteiger partial charge in [0.2, 0.25) is 29.5 Å². The zero-order valence-electron chi connectivity index (χ0n) is 32.8. The number of rotatable bonds is 21. The number of benzene rings is 4. The minimum Gasteiger partial charge on any atom is -0.370 e. The van der Waals surface area contributed by atoms with Crippen LogP contribution in [0.3, 0.4) is 0 Å². The van der Waals surface area contributed by atoms with Gasteiger partial charge in [0.05, 0.1) is 12.9 Å². The number of carbonyl (C=O) groups excluding carboxylic acids is 6. The third kappa shape index (κ3) is 13.5. The number of hydrogen-bond acceptors (Lipinski definition) is 8. The van der Waals surface area contributed by atoms with Crippen LogP contribution in [0.4, 0.5) is 0 Å². The van der Waals surface area contributed by atoms with Crippen molar-refractivity contribution >= 4 is 52.2 Å². The number of nitrogens with two attached hydrogens (primary N) is 3. The summed E-state index contributed by atoms with van der Waals surface area (Å²) in [6, 6.07) is 25.8. The van der Waals surface area contributed by atoms with Crippen LogP contribution in [-0.2, 0) is 43.2 Å². The number of fused-ring (bicyclic) bond motifs is 1. The van der Waals surface area contributed by atoms with Gasteiger partial charge in [-0.1, -0.05) is 91.0 Å². The van der Waals surface area contributed by atoms with E-state index in [1.165, 1.54) is 12.5 Å². The number of aliphatic imine (C=N–C) groups is 1. The Kier molecular flexibility index (Phi) is 15.8. The molecule has 1 heterocycles. The molecule has 0 unspecified atom stereocenters. The normalized spacial score (nSPS) is 12.8. The van der Waals surface area contributed by atoms with Crippen molar-refractivity contribution in [1.29, 1.82) is 0 Å². The fraction of sp³-hybridized carbons (Fsp3) is 0.256. The number of nitrogens with zero attached hydrogens (tertiary/aromatic N) is 2. The first-order valence-corrected chi connectivity index (χ1v) is 19.3. The summed E-state index contributed by atoms with van der Waals surface area (Å²) in [7, 11) is 0. The molecule has 0 aliphatic carbocycles. The second-order valence-electron chi connectivity index (χ2n) is 14.1. The Hall–Kier alpha value is -7.56. The van der Waals surface area contributed by atoms with E-state index in [1.54, 1.807) is 60.7 Å². The molecule has 12 N–H and O–H groups in total. The average molecular weight is 816 g/mol. The minimum absolute atomic E-state index is 0.00445. The van der Waals surface area contributed by atoms with Gasteiger partial charge in [-0.2, -0.15) is 0 Å². The largest absolute Gasteiger partial charge is 0.370 e. The van der Waals surface area contributed by atoms with Crippen LogP contribution in [0.2, 0.25) is 0 Å². The van der Waals surface area contributed by atoms with E-state index in [1.807, 2.05) is 42.5 Å². The number of hydrogen-bond donors (Lipinski definition) is 9. The van der Waals surface area contributed by atoms with Crippen LogP contribution in [0.5, 0.6) is 0 Å². The Morgan fingerprint density at radius 2 is 1.23 bits per heavy atom. The van der Waals surface area contributed by atoms with Crippen molar-refractivity contribution < 1.29 is 28.8 Å². The minimum atomic E-state index is -1.25. The fourth-order valence-corrected chi connectivity index (χ4v) is 6.40. The van der Waals surface area contributed by atoms with Crippen LogP contribution in [-0.4, -0.2) is 88.6 Å². The van der Waals surface area contributed by atoms with Gasteiger partial charge in [0.25, 0.3) is 5.91 Å². The monoisotopic (exact) mass is 815 g/mol. The summed E-state index contributed by atoms with van der Waals surface area (Å²) in [5.41, 5.74) is 19.1. The number of primary amides is 1. The number of aromatic amines is 1. The smallest absolute Gasteiger partial charge is 0.251 e. The Bertz CT molecular complexity index is 2270. The number of amides is 6. The first-order chi connectivity index (χ1) is 28.9. The fourth-order valence-electron chi connectivity index (χ4n) is 6.40. The van der Waals surface area contributed by atoms with Gasteiger partial charge >= 0.3 is 0 Å². The molecule has 17 nitrogen and oxygen atoms in total.